The van der Waals surface area contributed by atoms with Crippen LogP contribution in [0.3, 0.4) is 0 Å². The van der Waals surface area contributed by atoms with Crippen LogP contribution in [0.2, 0.25) is 0 Å². The summed E-state index contributed by atoms with van der Waals surface area (Å²) in [5.74, 6) is 1.92. The molecule has 0 radical (unpaired) electrons. The van der Waals surface area contributed by atoms with Crippen LogP contribution in [0.4, 0.5) is 0 Å². The lowest BCUT2D eigenvalue weighted by atomic mass is 10.3. The standard InChI is InChI=1S/C20H28N6S.HI/c1-5-21-20(23-13-19-14(2)24-16(4)27-19)22-11-8-12-26-15(3)25-17-9-6-7-10-18(17)26;/h6-7,9-10H,5,8,11-13H2,1-4H3,(H2,21,22,23);1H. The van der Waals surface area contributed by atoms with Gasteiger partial charge in [0.25, 0.3) is 0 Å². The maximum absolute atomic E-state index is 4.71. The minimum absolute atomic E-state index is 0. The quantitative estimate of drug-likeness (QED) is 0.216. The Labute approximate surface area is 187 Å². The van der Waals surface area contributed by atoms with E-state index in [1.54, 1.807) is 11.3 Å². The van der Waals surface area contributed by atoms with Gasteiger partial charge in [-0.2, -0.15) is 0 Å². The number of aliphatic imine (C=N–C) groups is 1. The molecule has 6 nitrogen and oxygen atoms in total. The van der Waals surface area contributed by atoms with Crippen LogP contribution in [0, 0.1) is 20.8 Å². The third-order valence-electron chi connectivity index (χ3n) is 4.42. The molecule has 1 aromatic carbocycles. The van der Waals surface area contributed by atoms with E-state index in [1.807, 2.05) is 19.9 Å². The lowest BCUT2D eigenvalue weighted by molar-refractivity contribution is 0.624. The third-order valence-corrected chi connectivity index (χ3v) is 5.48. The molecule has 0 aliphatic rings. The van der Waals surface area contributed by atoms with Crippen molar-refractivity contribution in [2.75, 3.05) is 13.1 Å². The van der Waals surface area contributed by atoms with Crippen molar-refractivity contribution in [2.24, 2.45) is 4.99 Å². The van der Waals surface area contributed by atoms with E-state index < -0.39 is 0 Å². The Morgan fingerprint density at radius 2 is 1.93 bits per heavy atom. The number of aryl methyl sites for hydroxylation is 4. The first kappa shape index (κ1) is 22.6. The maximum Gasteiger partial charge on any atom is 0.191 e. The van der Waals surface area contributed by atoms with Gasteiger partial charge in [-0.05, 0) is 46.2 Å². The fourth-order valence-electron chi connectivity index (χ4n) is 3.13. The zero-order valence-electron chi connectivity index (χ0n) is 17.0. The highest BCUT2D eigenvalue weighted by Crippen LogP contribution is 2.18. The van der Waals surface area contributed by atoms with Crippen molar-refractivity contribution in [1.29, 1.82) is 0 Å². The number of para-hydroxylation sites is 2. The smallest absolute Gasteiger partial charge is 0.191 e. The van der Waals surface area contributed by atoms with Crippen LogP contribution in [0.25, 0.3) is 11.0 Å². The highest BCUT2D eigenvalue weighted by molar-refractivity contribution is 14.0. The summed E-state index contributed by atoms with van der Waals surface area (Å²) in [4.78, 5) is 15.0. The maximum atomic E-state index is 4.71. The van der Waals surface area contributed by atoms with Gasteiger partial charge in [-0.25, -0.2) is 15.0 Å². The molecular formula is C20H29IN6S. The minimum Gasteiger partial charge on any atom is -0.357 e. The van der Waals surface area contributed by atoms with Gasteiger partial charge in [0, 0.05) is 24.5 Å². The molecule has 152 valence electrons. The summed E-state index contributed by atoms with van der Waals surface area (Å²) < 4.78 is 2.28. The van der Waals surface area contributed by atoms with Crippen LogP contribution in [0.1, 0.15) is 34.7 Å². The Morgan fingerprint density at radius 1 is 1.14 bits per heavy atom. The van der Waals surface area contributed by atoms with Crippen molar-refractivity contribution >= 4 is 52.3 Å². The first-order valence-electron chi connectivity index (χ1n) is 9.45. The molecule has 0 bridgehead atoms. The summed E-state index contributed by atoms with van der Waals surface area (Å²) in [5.41, 5.74) is 3.35. The molecule has 0 aliphatic heterocycles. The van der Waals surface area contributed by atoms with E-state index in [0.29, 0.717) is 6.54 Å². The van der Waals surface area contributed by atoms with Crippen molar-refractivity contribution in [1.82, 2.24) is 25.2 Å². The number of benzene rings is 1. The molecule has 0 spiro atoms. The first-order valence-corrected chi connectivity index (χ1v) is 10.3. The molecular weight excluding hydrogens is 483 g/mol. The number of aromatic nitrogens is 3. The fourth-order valence-corrected chi connectivity index (χ4v) is 4.00. The average Bonchev–Trinajstić information content (AvgIpc) is 3.14. The van der Waals surface area contributed by atoms with Crippen LogP contribution in [-0.2, 0) is 13.1 Å². The summed E-state index contributed by atoms with van der Waals surface area (Å²) in [6.45, 7) is 11.5. The number of nitrogens with zero attached hydrogens (tertiary/aromatic N) is 4. The number of hydrogen-bond acceptors (Lipinski definition) is 4. The molecule has 0 amide bonds. The van der Waals surface area contributed by atoms with Crippen LogP contribution in [0.15, 0.2) is 29.3 Å². The van der Waals surface area contributed by atoms with Crippen LogP contribution in [-0.4, -0.2) is 33.6 Å². The predicted molar refractivity (Wildman–Crippen MR) is 129 cm³/mol. The third kappa shape index (κ3) is 5.66. The molecule has 0 atom stereocenters. The second-order valence-electron chi connectivity index (χ2n) is 6.52. The average molecular weight is 512 g/mol. The topological polar surface area (TPSA) is 67.1 Å². The van der Waals surface area contributed by atoms with Crippen LogP contribution < -0.4 is 10.6 Å². The van der Waals surface area contributed by atoms with E-state index in [1.165, 1.54) is 10.4 Å². The lowest BCUT2D eigenvalue weighted by Crippen LogP contribution is -2.38. The SMILES string of the molecule is CCNC(=NCc1sc(C)nc1C)NCCCn1c(C)nc2ccccc21.I. The molecule has 0 fully saturated rings. The van der Waals surface area contributed by atoms with E-state index in [2.05, 4.69) is 57.2 Å². The molecule has 0 saturated carbocycles. The highest BCUT2D eigenvalue weighted by atomic mass is 127. The van der Waals surface area contributed by atoms with Crippen molar-refractivity contribution in [3.8, 4) is 0 Å². The molecule has 8 heteroatoms. The molecule has 0 unspecified atom stereocenters. The van der Waals surface area contributed by atoms with Gasteiger partial charge >= 0.3 is 0 Å². The normalized spacial score (nSPS) is 11.5. The molecule has 28 heavy (non-hydrogen) atoms. The number of hydrogen-bond donors (Lipinski definition) is 2. The lowest BCUT2D eigenvalue weighted by Gasteiger charge is -2.12. The Bertz CT molecular complexity index is 930. The van der Waals surface area contributed by atoms with Crippen molar-refractivity contribution in [3.05, 3.63) is 45.7 Å². The van der Waals surface area contributed by atoms with Crippen molar-refractivity contribution in [2.45, 2.75) is 47.2 Å². The number of rotatable bonds is 7. The van der Waals surface area contributed by atoms with E-state index in [-0.39, 0.29) is 24.0 Å². The summed E-state index contributed by atoms with van der Waals surface area (Å²) >= 11 is 1.72. The summed E-state index contributed by atoms with van der Waals surface area (Å²) in [5, 5.41) is 7.85. The second-order valence-corrected chi connectivity index (χ2v) is 7.80. The van der Waals surface area contributed by atoms with Gasteiger partial charge in [0.1, 0.15) is 5.82 Å². The number of guanidine groups is 1. The monoisotopic (exact) mass is 512 g/mol. The summed E-state index contributed by atoms with van der Waals surface area (Å²) in [6, 6.07) is 8.30. The largest absolute Gasteiger partial charge is 0.357 e. The van der Waals surface area contributed by atoms with Crippen molar-refractivity contribution in [3.63, 3.8) is 0 Å². The highest BCUT2D eigenvalue weighted by Gasteiger charge is 2.07. The number of imidazole rings is 1. The Morgan fingerprint density at radius 3 is 2.64 bits per heavy atom. The van der Waals surface area contributed by atoms with Gasteiger partial charge in [-0.1, -0.05) is 12.1 Å². The number of nitrogens with one attached hydrogen (secondary N) is 2. The Kier molecular flexibility index (Phi) is 8.68. The van der Waals surface area contributed by atoms with Gasteiger partial charge in [-0.3, -0.25) is 0 Å². The van der Waals surface area contributed by atoms with Gasteiger partial charge in [-0.15, -0.1) is 35.3 Å². The molecule has 2 aromatic heterocycles. The van der Waals surface area contributed by atoms with Gasteiger partial charge in [0.05, 0.1) is 28.3 Å². The second kappa shape index (κ2) is 10.8. The zero-order valence-corrected chi connectivity index (χ0v) is 20.1. The van der Waals surface area contributed by atoms with Gasteiger partial charge < -0.3 is 15.2 Å². The zero-order chi connectivity index (χ0) is 19.2. The first-order chi connectivity index (χ1) is 13.1. The Hall–Kier alpha value is -1.68. The number of fused-ring (bicyclic) bond motifs is 1. The summed E-state index contributed by atoms with van der Waals surface area (Å²) in [7, 11) is 0. The molecule has 2 heterocycles. The van der Waals surface area contributed by atoms with E-state index >= 15 is 0 Å². The number of thiazole rings is 1. The summed E-state index contributed by atoms with van der Waals surface area (Å²) in [6.07, 6.45) is 1.00. The van der Waals surface area contributed by atoms with Gasteiger partial charge in [0.15, 0.2) is 5.96 Å². The molecule has 0 saturated heterocycles. The minimum atomic E-state index is 0. The molecule has 2 N–H and O–H groups in total. The van der Waals surface area contributed by atoms with Crippen molar-refractivity contribution < 1.29 is 0 Å². The van der Waals surface area contributed by atoms with E-state index in [4.69, 9.17) is 4.99 Å². The number of halogens is 1. The fraction of sp³-hybridized carbons (Fsp3) is 0.450. The van der Waals surface area contributed by atoms with Gasteiger partial charge in [0.2, 0.25) is 0 Å². The molecule has 3 aromatic rings. The van der Waals surface area contributed by atoms with E-state index in [0.717, 1.165) is 54.1 Å². The van der Waals surface area contributed by atoms with Crippen LogP contribution >= 0.6 is 35.3 Å². The van der Waals surface area contributed by atoms with E-state index in [9.17, 15) is 0 Å². The predicted octanol–water partition coefficient (Wildman–Crippen LogP) is 4.18. The molecule has 3 rings (SSSR count). The molecule has 0 aliphatic carbocycles. The Balaban J connectivity index is 0.00000280. The van der Waals surface area contributed by atoms with Crippen LogP contribution in [0.5, 0.6) is 0 Å².